The third-order valence-corrected chi connectivity index (χ3v) is 3.73. The van der Waals surface area contributed by atoms with Gasteiger partial charge in [-0.25, -0.2) is 14.8 Å². The van der Waals surface area contributed by atoms with E-state index in [1.54, 1.807) is 18.2 Å². The van der Waals surface area contributed by atoms with E-state index >= 15 is 0 Å². The number of H-pyrrole nitrogens is 1. The summed E-state index contributed by atoms with van der Waals surface area (Å²) in [4.78, 5) is 22.5. The molecule has 0 bridgehead atoms. The smallest absolute Gasteiger partial charge is 0.338 e. The third-order valence-electron chi connectivity index (χ3n) is 2.81. The van der Waals surface area contributed by atoms with Gasteiger partial charge in [0.05, 0.1) is 11.1 Å². The molecule has 0 fully saturated rings. The van der Waals surface area contributed by atoms with Crippen LogP contribution in [0.1, 0.15) is 10.4 Å². The topological polar surface area (TPSA) is 78.9 Å². The predicted molar refractivity (Wildman–Crippen MR) is 79.0 cm³/mol. The zero-order valence-electron chi connectivity index (χ0n) is 9.89. The largest absolute Gasteiger partial charge is 0.478 e. The number of rotatable bonds is 2. The van der Waals surface area contributed by atoms with Crippen molar-refractivity contribution in [2.75, 3.05) is 0 Å². The lowest BCUT2D eigenvalue weighted by Gasteiger charge is -2.01. The number of carbonyl (C=O) groups is 1. The lowest BCUT2D eigenvalue weighted by atomic mass is 10.2. The molecule has 5 nitrogen and oxygen atoms in total. The zero-order valence-corrected chi connectivity index (χ0v) is 12.2. The van der Waals surface area contributed by atoms with Gasteiger partial charge in [0.2, 0.25) is 0 Å². The fourth-order valence-corrected chi connectivity index (χ4v) is 2.50. The van der Waals surface area contributed by atoms with Crippen LogP contribution in [0, 0.1) is 0 Å². The molecule has 0 spiro atoms. The Hall–Kier alpha value is -1.92. The first-order chi connectivity index (χ1) is 9.56. The van der Waals surface area contributed by atoms with Gasteiger partial charge in [-0.3, -0.25) is 0 Å². The quantitative estimate of drug-likeness (QED) is 0.736. The number of aromatic nitrogens is 3. The molecule has 0 aliphatic carbocycles. The molecule has 1 aromatic carbocycles. The summed E-state index contributed by atoms with van der Waals surface area (Å²) in [5, 5.41) is 9.72. The molecule has 3 aromatic rings. The number of hydrogen-bond donors (Lipinski definition) is 2. The second-order valence-electron chi connectivity index (χ2n) is 4.07. The highest BCUT2D eigenvalue weighted by Crippen LogP contribution is 2.30. The number of pyridine rings is 1. The van der Waals surface area contributed by atoms with Crippen molar-refractivity contribution in [2.45, 2.75) is 0 Å². The lowest BCUT2D eigenvalue weighted by molar-refractivity contribution is 0.0699. The van der Waals surface area contributed by atoms with E-state index < -0.39 is 5.97 Å². The van der Waals surface area contributed by atoms with Gasteiger partial charge < -0.3 is 10.1 Å². The van der Waals surface area contributed by atoms with Crippen LogP contribution in [-0.2, 0) is 0 Å². The number of aromatic carboxylic acids is 1. The van der Waals surface area contributed by atoms with Gasteiger partial charge in [-0.15, -0.1) is 0 Å². The summed E-state index contributed by atoms with van der Waals surface area (Å²) in [6.45, 7) is 0. The third kappa shape index (κ3) is 2.17. The van der Waals surface area contributed by atoms with Gasteiger partial charge in [-0.1, -0.05) is 27.5 Å². The summed E-state index contributed by atoms with van der Waals surface area (Å²) in [5.74, 6) is -0.520. The molecule has 0 unspecified atom stereocenters. The van der Waals surface area contributed by atoms with Crippen LogP contribution in [-0.4, -0.2) is 26.0 Å². The Balaban J connectivity index is 2.26. The molecule has 0 atom stereocenters. The van der Waals surface area contributed by atoms with Crippen molar-refractivity contribution in [2.24, 2.45) is 0 Å². The van der Waals surface area contributed by atoms with Crippen LogP contribution in [0.5, 0.6) is 0 Å². The number of nitrogens with zero attached hydrogens (tertiary/aromatic N) is 2. The normalized spacial score (nSPS) is 10.9. The molecular weight excluding hydrogens is 346 g/mol. The molecule has 0 amide bonds. The van der Waals surface area contributed by atoms with Crippen LogP contribution in [0.2, 0.25) is 5.02 Å². The summed E-state index contributed by atoms with van der Waals surface area (Å²) in [5.41, 5.74) is 1.62. The molecule has 0 aliphatic rings. The average molecular weight is 353 g/mol. The fourth-order valence-electron chi connectivity index (χ4n) is 1.90. The Bertz CT molecular complexity index is 832. The lowest BCUT2D eigenvalue weighted by Crippen LogP contribution is -1.97. The van der Waals surface area contributed by atoms with E-state index in [-0.39, 0.29) is 5.56 Å². The van der Waals surface area contributed by atoms with Crippen LogP contribution in [0.4, 0.5) is 0 Å². The first kappa shape index (κ1) is 13.1. The molecule has 2 N–H and O–H groups in total. The van der Waals surface area contributed by atoms with E-state index in [2.05, 4.69) is 30.9 Å². The van der Waals surface area contributed by atoms with Crippen molar-refractivity contribution in [1.82, 2.24) is 15.0 Å². The first-order valence-electron chi connectivity index (χ1n) is 5.59. The Labute approximate surface area is 126 Å². The zero-order chi connectivity index (χ0) is 14.3. The Kier molecular flexibility index (Phi) is 3.19. The second kappa shape index (κ2) is 4.88. The minimum Gasteiger partial charge on any atom is -0.478 e. The predicted octanol–water partition coefficient (Wildman–Crippen LogP) is 3.74. The van der Waals surface area contributed by atoms with E-state index in [0.29, 0.717) is 22.0 Å². The highest BCUT2D eigenvalue weighted by molar-refractivity contribution is 9.10. The van der Waals surface area contributed by atoms with E-state index in [4.69, 9.17) is 16.7 Å². The number of fused-ring (bicyclic) bond motifs is 1. The Morgan fingerprint density at radius 1 is 1.35 bits per heavy atom. The van der Waals surface area contributed by atoms with E-state index in [1.807, 2.05) is 0 Å². The number of halogens is 2. The monoisotopic (exact) mass is 351 g/mol. The standard InChI is InChI=1S/C13H7BrClN3O2/c14-9-2-1-6(15)5-8(9)11-17-10-7(13(19)20)3-4-16-12(10)18-11/h1-5H,(H,19,20)(H,16,17,18). The van der Waals surface area contributed by atoms with Gasteiger partial charge in [0.15, 0.2) is 5.65 Å². The maximum absolute atomic E-state index is 11.2. The van der Waals surface area contributed by atoms with Crippen molar-refractivity contribution >= 4 is 44.7 Å². The number of carboxylic acids is 1. The highest BCUT2D eigenvalue weighted by Gasteiger charge is 2.15. The second-order valence-corrected chi connectivity index (χ2v) is 5.36. The summed E-state index contributed by atoms with van der Waals surface area (Å²) in [6, 6.07) is 6.72. The maximum atomic E-state index is 11.2. The molecule has 0 aliphatic heterocycles. The molecule has 2 aromatic heterocycles. The van der Waals surface area contributed by atoms with Crippen LogP contribution in [0.3, 0.4) is 0 Å². The minimum absolute atomic E-state index is 0.131. The molecule has 0 saturated heterocycles. The molecule has 100 valence electrons. The van der Waals surface area contributed by atoms with Crippen LogP contribution in [0.15, 0.2) is 34.9 Å². The first-order valence-corrected chi connectivity index (χ1v) is 6.77. The van der Waals surface area contributed by atoms with Gasteiger partial charge in [-0.2, -0.15) is 0 Å². The van der Waals surface area contributed by atoms with Crippen LogP contribution >= 0.6 is 27.5 Å². The number of imidazole rings is 1. The number of nitrogens with one attached hydrogen (secondary N) is 1. The van der Waals surface area contributed by atoms with Gasteiger partial charge in [-0.05, 0) is 24.3 Å². The molecule has 7 heteroatoms. The highest BCUT2D eigenvalue weighted by atomic mass is 79.9. The molecular formula is C13H7BrClN3O2. The van der Waals surface area contributed by atoms with E-state index in [9.17, 15) is 4.79 Å². The van der Waals surface area contributed by atoms with Crippen LogP contribution < -0.4 is 0 Å². The van der Waals surface area contributed by atoms with Crippen molar-refractivity contribution in [3.8, 4) is 11.4 Å². The molecule has 0 saturated carbocycles. The number of benzene rings is 1. The minimum atomic E-state index is -1.03. The fraction of sp³-hybridized carbons (Fsp3) is 0. The van der Waals surface area contributed by atoms with E-state index in [1.165, 1.54) is 12.3 Å². The van der Waals surface area contributed by atoms with Crippen molar-refractivity contribution in [3.05, 3.63) is 45.5 Å². The van der Waals surface area contributed by atoms with Gasteiger partial charge in [0.25, 0.3) is 0 Å². The Morgan fingerprint density at radius 2 is 2.15 bits per heavy atom. The maximum Gasteiger partial charge on any atom is 0.338 e. The molecule has 2 heterocycles. The summed E-state index contributed by atoms with van der Waals surface area (Å²) in [6.07, 6.45) is 1.42. The van der Waals surface area contributed by atoms with E-state index in [0.717, 1.165) is 10.0 Å². The summed E-state index contributed by atoms with van der Waals surface area (Å²) >= 11 is 9.39. The van der Waals surface area contributed by atoms with Gasteiger partial charge in [0.1, 0.15) is 5.82 Å². The van der Waals surface area contributed by atoms with Crippen molar-refractivity contribution < 1.29 is 9.90 Å². The number of hydrogen-bond acceptors (Lipinski definition) is 3. The summed E-state index contributed by atoms with van der Waals surface area (Å²) in [7, 11) is 0. The van der Waals surface area contributed by atoms with Gasteiger partial charge >= 0.3 is 5.97 Å². The SMILES string of the molecule is O=C(O)c1ccnc2nc(-c3cc(Cl)ccc3Br)[nH]c12. The number of carboxylic acid groups (broad SMARTS) is 1. The number of aromatic amines is 1. The Morgan fingerprint density at radius 3 is 2.90 bits per heavy atom. The molecule has 3 rings (SSSR count). The van der Waals surface area contributed by atoms with Gasteiger partial charge in [0, 0.05) is 21.3 Å². The van der Waals surface area contributed by atoms with Crippen molar-refractivity contribution in [3.63, 3.8) is 0 Å². The average Bonchev–Trinajstić information content (AvgIpc) is 2.84. The molecule has 0 radical (unpaired) electrons. The van der Waals surface area contributed by atoms with Crippen LogP contribution in [0.25, 0.3) is 22.6 Å². The summed E-state index contributed by atoms with van der Waals surface area (Å²) < 4.78 is 0.804. The van der Waals surface area contributed by atoms with Crippen molar-refractivity contribution in [1.29, 1.82) is 0 Å². The molecule has 20 heavy (non-hydrogen) atoms.